The Labute approximate surface area is 158 Å². The molecule has 2 aromatic rings. The molecule has 28 heavy (non-hydrogen) atoms. The van der Waals surface area contributed by atoms with E-state index >= 15 is 0 Å². The number of carboxylic acid groups (broad SMARTS) is 1. The topological polar surface area (TPSA) is 101 Å². The molecule has 11 heteroatoms. The summed E-state index contributed by atoms with van der Waals surface area (Å²) < 4.78 is 39.4. The van der Waals surface area contributed by atoms with Crippen LogP contribution in [0.1, 0.15) is 29.7 Å². The molecule has 3 rings (SSSR count). The van der Waals surface area contributed by atoms with E-state index in [1.54, 1.807) is 13.2 Å². The smallest absolute Gasteiger partial charge is 0.475 e. The number of carbonyl (C=O) groups is 2. The van der Waals surface area contributed by atoms with E-state index in [9.17, 15) is 18.0 Å². The molecule has 0 spiro atoms. The van der Waals surface area contributed by atoms with Gasteiger partial charge in [0.05, 0.1) is 24.7 Å². The maximum absolute atomic E-state index is 11.7. The highest BCUT2D eigenvalue weighted by Crippen LogP contribution is 2.24. The van der Waals surface area contributed by atoms with Crippen molar-refractivity contribution in [3.63, 3.8) is 0 Å². The lowest BCUT2D eigenvalue weighted by Gasteiger charge is -2.33. The van der Waals surface area contributed by atoms with Crippen molar-refractivity contribution in [2.45, 2.75) is 38.7 Å². The van der Waals surface area contributed by atoms with Gasteiger partial charge in [-0.15, -0.1) is 0 Å². The number of carboxylic acids is 1. The highest BCUT2D eigenvalue weighted by atomic mass is 19.4. The van der Waals surface area contributed by atoms with Gasteiger partial charge in [-0.1, -0.05) is 0 Å². The second kappa shape index (κ2) is 8.91. The van der Waals surface area contributed by atoms with E-state index in [2.05, 4.69) is 15.3 Å². The van der Waals surface area contributed by atoms with E-state index in [-0.39, 0.29) is 11.9 Å². The maximum atomic E-state index is 11.7. The van der Waals surface area contributed by atoms with Gasteiger partial charge in [-0.3, -0.25) is 14.4 Å². The summed E-state index contributed by atoms with van der Waals surface area (Å²) in [6, 6.07) is 6.07. The van der Waals surface area contributed by atoms with Crippen molar-refractivity contribution >= 4 is 11.9 Å². The Bertz CT molecular complexity index is 815. The Morgan fingerprint density at radius 2 is 2.04 bits per heavy atom. The van der Waals surface area contributed by atoms with Crippen LogP contribution >= 0.6 is 0 Å². The summed E-state index contributed by atoms with van der Waals surface area (Å²) in [5.74, 6) is -0.835. The fourth-order valence-corrected chi connectivity index (χ4v) is 2.84. The maximum Gasteiger partial charge on any atom is 0.490 e. The van der Waals surface area contributed by atoms with Gasteiger partial charge in [0.25, 0.3) is 0 Å². The summed E-state index contributed by atoms with van der Waals surface area (Å²) in [6.45, 7) is 4.32. The molecule has 0 aliphatic carbocycles. The monoisotopic (exact) mass is 402 g/mol. The van der Waals surface area contributed by atoms with Crippen LogP contribution in [0, 0.1) is 6.92 Å². The molecule has 1 atom stereocenters. The number of nitrogens with zero attached hydrogens (tertiary/aromatic N) is 3. The summed E-state index contributed by atoms with van der Waals surface area (Å²) in [7, 11) is 1.67. The summed E-state index contributed by atoms with van der Waals surface area (Å²) in [4.78, 5) is 22.9. The molecular weight excluding hydrogens is 381 g/mol. The molecule has 3 heterocycles. The van der Waals surface area contributed by atoms with Gasteiger partial charge in [-0.25, -0.2) is 4.79 Å². The van der Waals surface area contributed by atoms with Crippen molar-refractivity contribution in [3.8, 4) is 0 Å². The minimum atomic E-state index is -5.08. The van der Waals surface area contributed by atoms with E-state index in [1.165, 1.54) is 0 Å². The highest BCUT2D eigenvalue weighted by molar-refractivity contribution is 5.76. The van der Waals surface area contributed by atoms with Crippen molar-refractivity contribution in [3.05, 3.63) is 41.6 Å². The molecule has 2 aromatic heterocycles. The molecule has 0 saturated heterocycles. The van der Waals surface area contributed by atoms with Gasteiger partial charge in [0.15, 0.2) is 0 Å². The number of amides is 1. The van der Waals surface area contributed by atoms with Crippen molar-refractivity contribution in [2.75, 3.05) is 13.6 Å². The molecule has 0 fully saturated rings. The number of aryl methyl sites for hydroxylation is 1. The minimum absolute atomic E-state index is 0.0390. The summed E-state index contributed by atoms with van der Waals surface area (Å²) >= 11 is 0. The molecule has 8 nitrogen and oxygen atoms in total. The molecule has 0 saturated carbocycles. The van der Waals surface area contributed by atoms with Gasteiger partial charge in [0.2, 0.25) is 5.91 Å². The number of hydrogen-bond donors (Lipinski definition) is 2. The van der Waals surface area contributed by atoms with E-state index in [0.717, 1.165) is 36.8 Å². The molecule has 0 aromatic carbocycles. The number of aliphatic carboxylic acids is 1. The van der Waals surface area contributed by atoms with E-state index in [1.807, 2.05) is 29.8 Å². The fourth-order valence-electron chi connectivity index (χ4n) is 2.84. The lowest BCUT2D eigenvalue weighted by atomic mass is 10.1. The van der Waals surface area contributed by atoms with Crippen LogP contribution in [0.15, 0.2) is 28.8 Å². The number of halogens is 3. The van der Waals surface area contributed by atoms with Crippen LogP contribution in [-0.2, 0) is 22.7 Å². The first-order valence-electron chi connectivity index (χ1n) is 8.41. The third-order valence-electron chi connectivity index (χ3n) is 4.07. The Morgan fingerprint density at radius 1 is 1.36 bits per heavy atom. The van der Waals surface area contributed by atoms with Gasteiger partial charge < -0.3 is 14.8 Å². The largest absolute Gasteiger partial charge is 0.490 e. The van der Waals surface area contributed by atoms with Crippen LogP contribution in [0.25, 0.3) is 0 Å². The predicted octanol–water partition coefficient (Wildman–Crippen LogP) is 2.11. The zero-order valence-corrected chi connectivity index (χ0v) is 15.4. The Hall–Kier alpha value is -2.82. The molecule has 154 valence electrons. The first-order chi connectivity index (χ1) is 13.1. The standard InChI is InChI=1S/C15H20N4O2.C2HF3O2/c1-11-3-4-14(21-11)10-18-8-12-5-6-17-19(12)13(9-18)7-15(20)16-2;3-2(4,5)1(6)7/h3-6,13H,7-10H2,1-2H3,(H,16,20);(H,6,7). The number of nitrogens with one attached hydrogen (secondary N) is 1. The van der Waals surface area contributed by atoms with Crippen molar-refractivity contribution in [1.29, 1.82) is 0 Å². The predicted molar refractivity (Wildman–Crippen MR) is 91.2 cm³/mol. The summed E-state index contributed by atoms with van der Waals surface area (Å²) in [5, 5.41) is 14.2. The normalized spacial score (nSPS) is 16.7. The average molecular weight is 402 g/mol. The number of aromatic nitrogens is 2. The molecule has 1 unspecified atom stereocenters. The van der Waals surface area contributed by atoms with Gasteiger partial charge >= 0.3 is 12.1 Å². The number of rotatable bonds is 4. The molecular formula is C17H21F3N4O4. The van der Waals surface area contributed by atoms with Crippen LogP contribution in [0.4, 0.5) is 13.2 Å². The van der Waals surface area contributed by atoms with Crippen molar-refractivity contribution < 1.29 is 32.3 Å². The second-order valence-electron chi connectivity index (χ2n) is 6.28. The first-order valence-corrected chi connectivity index (χ1v) is 8.41. The zero-order valence-electron chi connectivity index (χ0n) is 15.4. The molecule has 1 aliphatic rings. The SMILES string of the molecule is CNC(=O)CC1CN(Cc2ccc(C)o2)Cc2ccnn21.O=C(O)C(F)(F)F. The molecule has 1 amide bonds. The van der Waals surface area contributed by atoms with Crippen LogP contribution in [-0.4, -0.2) is 51.4 Å². The van der Waals surface area contributed by atoms with Gasteiger partial charge in [0.1, 0.15) is 11.5 Å². The highest BCUT2D eigenvalue weighted by Gasteiger charge is 2.38. The molecule has 1 aliphatic heterocycles. The quantitative estimate of drug-likeness (QED) is 0.813. The fraction of sp³-hybridized carbons (Fsp3) is 0.471. The molecule has 0 bridgehead atoms. The zero-order chi connectivity index (χ0) is 20.9. The lowest BCUT2D eigenvalue weighted by molar-refractivity contribution is -0.192. The van der Waals surface area contributed by atoms with Crippen LogP contribution < -0.4 is 5.32 Å². The molecule has 0 radical (unpaired) electrons. The van der Waals surface area contributed by atoms with Crippen LogP contribution in [0.2, 0.25) is 0 Å². The summed E-state index contributed by atoms with van der Waals surface area (Å²) in [6.07, 6.45) is -2.84. The Kier molecular flexibility index (Phi) is 6.84. The van der Waals surface area contributed by atoms with Gasteiger partial charge in [-0.2, -0.15) is 18.3 Å². The second-order valence-corrected chi connectivity index (χ2v) is 6.28. The van der Waals surface area contributed by atoms with Crippen LogP contribution in [0.5, 0.6) is 0 Å². The van der Waals surface area contributed by atoms with Crippen LogP contribution in [0.3, 0.4) is 0 Å². The van der Waals surface area contributed by atoms with Crippen molar-refractivity contribution in [2.24, 2.45) is 0 Å². The van der Waals surface area contributed by atoms with E-state index in [4.69, 9.17) is 14.3 Å². The molecule has 2 N–H and O–H groups in total. The summed E-state index contributed by atoms with van der Waals surface area (Å²) in [5.41, 5.74) is 1.14. The van der Waals surface area contributed by atoms with E-state index in [0.29, 0.717) is 6.42 Å². The van der Waals surface area contributed by atoms with Gasteiger partial charge in [0, 0.05) is 26.3 Å². The third-order valence-corrected chi connectivity index (χ3v) is 4.07. The Morgan fingerprint density at radius 3 is 2.57 bits per heavy atom. The Balaban J connectivity index is 0.000000345. The first kappa shape index (κ1) is 21.5. The van der Waals surface area contributed by atoms with E-state index < -0.39 is 12.1 Å². The van der Waals surface area contributed by atoms with Crippen molar-refractivity contribution in [1.82, 2.24) is 20.0 Å². The third kappa shape index (κ3) is 5.84. The number of alkyl halides is 3. The number of carbonyl (C=O) groups excluding carboxylic acids is 1. The lowest BCUT2D eigenvalue weighted by Crippen LogP contribution is -2.39. The number of hydrogen-bond acceptors (Lipinski definition) is 5. The minimum Gasteiger partial charge on any atom is -0.475 e. The number of fused-ring (bicyclic) bond motifs is 1. The van der Waals surface area contributed by atoms with Gasteiger partial charge in [-0.05, 0) is 25.1 Å². The number of furan rings is 1. The average Bonchev–Trinajstić information content (AvgIpc) is 3.23.